The largest absolute Gasteiger partial charge is 0.435 e. The van der Waals surface area contributed by atoms with Crippen LogP contribution in [0.15, 0.2) is 18.2 Å². The highest BCUT2D eigenvalue weighted by Crippen LogP contribution is 2.60. The van der Waals surface area contributed by atoms with E-state index in [0.29, 0.717) is 42.9 Å². The molecule has 2 saturated carbocycles. The van der Waals surface area contributed by atoms with Gasteiger partial charge >= 0.3 is 18.0 Å². The van der Waals surface area contributed by atoms with E-state index in [-0.39, 0.29) is 35.4 Å². The Morgan fingerprint density at radius 1 is 0.931 bits per heavy atom. The summed E-state index contributed by atoms with van der Waals surface area (Å²) < 4.78 is 92.9. The van der Waals surface area contributed by atoms with Gasteiger partial charge in [-0.2, -0.15) is 26.3 Å². The molecule has 3 aliphatic carbocycles. The third kappa shape index (κ3) is 2.76. The summed E-state index contributed by atoms with van der Waals surface area (Å²) in [5.74, 6) is 0.605. The number of hydrogen-bond donors (Lipinski definition) is 0. The van der Waals surface area contributed by atoms with Gasteiger partial charge in [-0.1, -0.05) is 25.1 Å². The average molecular weight is 422 g/mol. The second-order valence-corrected chi connectivity index (χ2v) is 8.90. The van der Waals surface area contributed by atoms with Crippen LogP contribution in [0.4, 0.5) is 30.7 Å². The molecule has 1 nitrogen and oxygen atoms in total. The molecule has 0 aromatic heterocycles. The summed E-state index contributed by atoms with van der Waals surface area (Å²) >= 11 is 0. The Balaban J connectivity index is 1.72. The molecule has 3 aliphatic rings. The third-order valence-electron chi connectivity index (χ3n) is 7.61. The fraction of sp³-hybridized carbons (Fsp3) is 0.667. The summed E-state index contributed by atoms with van der Waals surface area (Å²) in [5, 5.41) is 0. The number of benzene rings is 1. The first-order chi connectivity index (χ1) is 13.3. The number of rotatable bonds is 1. The Bertz CT molecular complexity index is 826. The van der Waals surface area contributed by atoms with Gasteiger partial charge in [-0.3, -0.25) is 4.79 Å². The standard InChI is InChI=1S/C21H21F7O/c1-18-9-8-14-13-5-3-12(19(22,20(23,24)25)21(26,27)28)10-11(13)2-4-15(14)16(18)6-7-17(18)29/h3,5,10,14-16H,2,4,6-9H2,1H3/t14-,15-,16+,18+/m1/s1. The van der Waals surface area contributed by atoms with Crippen molar-refractivity contribution in [2.24, 2.45) is 17.3 Å². The van der Waals surface area contributed by atoms with Gasteiger partial charge in [0.25, 0.3) is 0 Å². The van der Waals surface area contributed by atoms with Gasteiger partial charge < -0.3 is 0 Å². The molecule has 0 N–H and O–H groups in total. The first kappa shape index (κ1) is 20.7. The summed E-state index contributed by atoms with van der Waals surface area (Å²) in [6, 6.07) is 2.63. The van der Waals surface area contributed by atoms with Crippen LogP contribution in [0.2, 0.25) is 0 Å². The summed E-state index contributed by atoms with van der Waals surface area (Å²) in [7, 11) is 0. The molecular weight excluding hydrogens is 401 g/mol. The Hall–Kier alpha value is -1.60. The highest BCUT2D eigenvalue weighted by Gasteiger charge is 2.73. The van der Waals surface area contributed by atoms with Crippen LogP contribution in [-0.4, -0.2) is 18.1 Å². The highest BCUT2D eigenvalue weighted by atomic mass is 19.4. The van der Waals surface area contributed by atoms with Gasteiger partial charge in [-0.25, -0.2) is 4.39 Å². The van der Waals surface area contributed by atoms with Crippen LogP contribution in [-0.2, 0) is 16.9 Å². The molecule has 2 fully saturated rings. The molecule has 1 aromatic rings. The summed E-state index contributed by atoms with van der Waals surface area (Å²) in [6.45, 7) is 1.98. The Morgan fingerprint density at radius 3 is 2.21 bits per heavy atom. The van der Waals surface area contributed by atoms with Crippen LogP contribution < -0.4 is 0 Å². The molecule has 0 radical (unpaired) electrons. The quantitative estimate of drug-likeness (QED) is 0.479. The number of carbonyl (C=O) groups excluding carboxylic acids is 1. The van der Waals surface area contributed by atoms with Crippen LogP contribution in [0.5, 0.6) is 0 Å². The first-order valence-electron chi connectivity index (χ1n) is 9.79. The topological polar surface area (TPSA) is 17.1 Å². The molecule has 0 heterocycles. The number of Topliss-reactive ketones (excluding diaryl/α,β-unsaturated/α-hetero) is 1. The maximum absolute atomic E-state index is 14.4. The molecule has 0 bridgehead atoms. The zero-order valence-corrected chi connectivity index (χ0v) is 15.8. The zero-order chi connectivity index (χ0) is 21.4. The number of halogens is 7. The van der Waals surface area contributed by atoms with Gasteiger partial charge in [0.05, 0.1) is 0 Å². The van der Waals surface area contributed by atoms with Gasteiger partial charge in [0.15, 0.2) is 0 Å². The molecule has 8 heteroatoms. The number of alkyl halides is 7. The van der Waals surface area contributed by atoms with Crippen molar-refractivity contribution in [3.05, 3.63) is 34.9 Å². The van der Waals surface area contributed by atoms with Gasteiger partial charge in [-0.05, 0) is 61.0 Å². The first-order valence-corrected chi connectivity index (χ1v) is 9.79. The molecule has 0 unspecified atom stereocenters. The number of hydrogen-bond acceptors (Lipinski definition) is 1. The van der Waals surface area contributed by atoms with Crippen molar-refractivity contribution >= 4 is 5.78 Å². The van der Waals surface area contributed by atoms with Gasteiger partial charge in [0.2, 0.25) is 0 Å². The summed E-state index contributed by atoms with van der Waals surface area (Å²) in [6.07, 6.45) is -8.70. The lowest BCUT2D eigenvalue weighted by atomic mass is 9.55. The van der Waals surface area contributed by atoms with Crippen molar-refractivity contribution in [1.29, 1.82) is 0 Å². The molecular formula is C21H21F7O. The summed E-state index contributed by atoms with van der Waals surface area (Å²) in [5.41, 5.74) is -6.12. The molecule has 1 aromatic carbocycles. The molecule has 4 rings (SSSR count). The SMILES string of the molecule is C[C@]12CC[C@@H]3c4ccc(C(F)(C(F)(F)F)C(F)(F)F)cc4CC[C@H]3[C@@H]1CCC2=O. The summed E-state index contributed by atoms with van der Waals surface area (Å²) in [4.78, 5) is 12.3. The van der Waals surface area contributed by atoms with E-state index in [4.69, 9.17) is 0 Å². The van der Waals surface area contributed by atoms with Gasteiger partial charge in [-0.15, -0.1) is 0 Å². The minimum absolute atomic E-state index is 0.0115. The molecule has 160 valence electrons. The Kier molecular flexibility index (Phi) is 4.42. The van der Waals surface area contributed by atoms with E-state index < -0.39 is 23.6 Å². The van der Waals surface area contributed by atoms with E-state index in [1.807, 2.05) is 6.92 Å². The van der Waals surface area contributed by atoms with Crippen molar-refractivity contribution in [1.82, 2.24) is 0 Å². The van der Waals surface area contributed by atoms with E-state index in [0.717, 1.165) is 12.5 Å². The predicted molar refractivity (Wildman–Crippen MR) is 91.0 cm³/mol. The van der Waals surface area contributed by atoms with E-state index in [1.54, 1.807) is 0 Å². The molecule has 0 aliphatic heterocycles. The second kappa shape index (κ2) is 6.20. The average Bonchev–Trinajstić information content (AvgIpc) is 2.93. The van der Waals surface area contributed by atoms with Crippen molar-refractivity contribution in [3.63, 3.8) is 0 Å². The predicted octanol–water partition coefficient (Wildman–Crippen LogP) is 6.40. The van der Waals surface area contributed by atoms with Crippen LogP contribution in [0, 0.1) is 17.3 Å². The Labute approximate surface area is 163 Å². The normalized spacial score (nSPS) is 32.6. The minimum Gasteiger partial charge on any atom is -0.299 e. The maximum atomic E-state index is 14.4. The van der Waals surface area contributed by atoms with Gasteiger partial charge in [0.1, 0.15) is 5.78 Å². The fourth-order valence-electron chi connectivity index (χ4n) is 6.06. The zero-order valence-electron chi connectivity index (χ0n) is 15.8. The molecule has 0 spiro atoms. The smallest absolute Gasteiger partial charge is 0.299 e. The minimum atomic E-state index is -6.10. The van der Waals surface area contributed by atoms with Crippen LogP contribution in [0.3, 0.4) is 0 Å². The number of carbonyl (C=O) groups is 1. The van der Waals surface area contributed by atoms with Crippen LogP contribution >= 0.6 is 0 Å². The van der Waals surface area contributed by atoms with E-state index >= 15 is 0 Å². The Morgan fingerprint density at radius 2 is 1.59 bits per heavy atom. The van der Waals surface area contributed by atoms with E-state index in [2.05, 4.69) is 0 Å². The van der Waals surface area contributed by atoms with Crippen molar-refractivity contribution in [2.45, 2.75) is 69.4 Å². The van der Waals surface area contributed by atoms with Crippen molar-refractivity contribution in [3.8, 4) is 0 Å². The lowest BCUT2D eigenvalue weighted by Gasteiger charge is -2.48. The number of fused-ring (bicyclic) bond motifs is 5. The molecule has 0 saturated heterocycles. The maximum Gasteiger partial charge on any atom is 0.435 e. The number of ketones is 1. The number of aryl methyl sites for hydroxylation is 1. The molecule has 29 heavy (non-hydrogen) atoms. The fourth-order valence-corrected chi connectivity index (χ4v) is 6.06. The van der Waals surface area contributed by atoms with Crippen molar-refractivity contribution in [2.75, 3.05) is 0 Å². The van der Waals surface area contributed by atoms with Crippen LogP contribution in [0.25, 0.3) is 0 Å². The molecule has 4 atom stereocenters. The van der Waals surface area contributed by atoms with Crippen LogP contribution in [0.1, 0.15) is 61.6 Å². The molecule has 0 amide bonds. The second-order valence-electron chi connectivity index (χ2n) is 8.90. The van der Waals surface area contributed by atoms with Gasteiger partial charge in [0, 0.05) is 17.4 Å². The van der Waals surface area contributed by atoms with Crippen molar-refractivity contribution < 1.29 is 35.5 Å². The highest BCUT2D eigenvalue weighted by molar-refractivity contribution is 5.87. The van der Waals surface area contributed by atoms with E-state index in [1.165, 1.54) is 6.07 Å². The van der Waals surface area contributed by atoms with E-state index in [9.17, 15) is 35.5 Å². The third-order valence-corrected chi connectivity index (χ3v) is 7.61. The lowest BCUT2D eigenvalue weighted by molar-refractivity contribution is -0.348. The monoisotopic (exact) mass is 422 g/mol. The lowest BCUT2D eigenvalue weighted by Crippen LogP contribution is -2.50.